The molecule has 0 saturated carbocycles. The molecular weight excluding hydrogens is 340 g/mol. The first kappa shape index (κ1) is 18.8. The van der Waals surface area contributed by atoms with E-state index in [0.717, 1.165) is 11.4 Å². The molecule has 0 saturated heterocycles. The lowest BCUT2D eigenvalue weighted by atomic mass is 10.2. The molecule has 1 amide bonds. The zero-order valence-corrected chi connectivity index (χ0v) is 15.2. The molecule has 3 N–H and O–H groups in total. The van der Waals surface area contributed by atoms with Crippen molar-refractivity contribution in [2.45, 2.75) is 19.4 Å². The molecule has 0 radical (unpaired) electrons. The summed E-state index contributed by atoms with van der Waals surface area (Å²) in [5, 5.41) is 14.0. The number of hydrogen-bond acceptors (Lipinski definition) is 3. The van der Waals surface area contributed by atoms with Gasteiger partial charge in [0.15, 0.2) is 5.96 Å². The molecule has 8 heteroatoms. The minimum absolute atomic E-state index is 0.0260. The molecule has 7 nitrogen and oxygen atoms in total. The molecule has 2 rings (SSSR count). The van der Waals surface area contributed by atoms with Crippen LogP contribution >= 0.6 is 11.6 Å². The largest absolute Gasteiger partial charge is 0.356 e. The molecule has 0 unspecified atom stereocenters. The van der Waals surface area contributed by atoms with Crippen LogP contribution in [0.5, 0.6) is 0 Å². The van der Waals surface area contributed by atoms with Crippen molar-refractivity contribution in [1.82, 2.24) is 20.4 Å². The summed E-state index contributed by atoms with van der Waals surface area (Å²) >= 11 is 5.82. The molecule has 0 aliphatic carbocycles. The van der Waals surface area contributed by atoms with E-state index < -0.39 is 0 Å². The Morgan fingerprint density at radius 2 is 2.00 bits per heavy atom. The van der Waals surface area contributed by atoms with Crippen molar-refractivity contribution in [3.8, 4) is 0 Å². The number of nitrogens with one attached hydrogen (secondary N) is 3. The van der Waals surface area contributed by atoms with E-state index in [1.54, 1.807) is 42.2 Å². The first-order chi connectivity index (χ1) is 12.1. The lowest BCUT2D eigenvalue weighted by Gasteiger charge is -2.12. The van der Waals surface area contributed by atoms with Gasteiger partial charge in [-0.1, -0.05) is 11.6 Å². The SMILES string of the molecule is CN=C(NCCCC(=O)Nc1ccc(Cl)cc1)NCc1ccnn1C. The van der Waals surface area contributed by atoms with Gasteiger partial charge in [-0.05, 0) is 36.8 Å². The van der Waals surface area contributed by atoms with Crippen LogP contribution in [0.4, 0.5) is 5.69 Å². The molecule has 2 aromatic rings. The maximum absolute atomic E-state index is 11.9. The number of carbonyl (C=O) groups excluding carboxylic acids is 1. The second-order valence-electron chi connectivity index (χ2n) is 5.46. The number of aryl methyl sites for hydroxylation is 1. The fourth-order valence-corrected chi connectivity index (χ4v) is 2.31. The fraction of sp³-hybridized carbons (Fsp3) is 0.353. The number of guanidine groups is 1. The van der Waals surface area contributed by atoms with Gasteiger partial charge in [0, 0.05) is 44.0 Å². The average molecular weight is 363 g/mol. The molecule has 0 fully saturated rings. The maximum Gasteiger partial charge on any atom is 0.224 e. The normalized spacial score (nSPS) is 11.2. The van der Waals surface area contributed by atoms with Crippen molar-refractivity contribution in [3.05, 3.63) is 47.2 Å². The minimum Gasteiger partial charge on any atom is -0.356 e. The predicted octanol–water partition coefficient (Wildman–Crippen LogP) is 2.16. The molecular formula is C17H23ClN6O. The molecule has 1 aromatic carbocycles. The third kappa shape index (κ3) is 6.46. The molecule has 0 aliphatic rings. The third-order valence-corrected chi connectivity index (χ3v) is 3.84. The van der Waals surface area contributed by atoms with Crippen LogP contribution in [0.2, 0.25) is 5.02 Å². The summed E-state index contributed by atoms with van der Waals surface area (Å²) in [6, 6.07) is 9.00. The quantitative estimate of drug-likeness (QED) is 0.400. The van der Waals surface area contributed by atoms with Gasteiger partial charge in [0.05, 0.1) is 12.2 Å². The number of rotatable bonds is 7. The minimum atomic E-state index is -0.0260. The molecule has 0 atom stereocenters. The number of amides is 1. The Morgan fingerprint density at radius 3 is 2.64 bits per heavy atom. The first-order valence-corrected chi connectivity index (χ1v) is 8.43. The number of aromatic nitrogens is 2. The highest BCUT2D eigenvalue weighted by Crippen LogP contribution is 2.13. The van der Waals surface area contributed by atoms with E-state index in [1.165, 1.54) is 0 Å². The van der Waals surface area contributed by atoms with E-state index in [4.69, 9.17) is 11.6 Å². The smallest absolute Gasteiger partial charge is 0.224 e. The van der Waals surface area contributed by atoms with E-state index in [1.807, 2.05) is 13.1 Å². The van der Waals surface area contributed by atoms with E-state index in [0.29, 0.717) is 36.9 Å². The molecule has 1 heterocycles. The van der Waals surface area contributed by atoms with Gasteiger partial charge < -0.3 is 16.0 Å². The molecule has 0 spiro atoms. The van der Waals surface area contributed by atoms with Gasteiger partial charge in [0.25, 0.3) is 0 Å². The average Bonchev–Trinajstić information content (AvgIpc) is 3.01. The Hall–Kier alpha value is -2.54. The molecule has 134 valence electrons. The summed E-state index contributed by atoms with van der Waals surface area (Å²) in [6.07, 6.45) is 2.88. The maximum atomic E-state index is 11.9. The van der Waals surface area contributed by atoms with Gasteiger partial charge in [-0.25, -0.2) is 0 Å². The molecule has 25 heavy (non-hydrogen) atoms. The van der Waals surface area contributed by atoms with E-state index in [-0.39, 0.29) is 5.91 Å². The van der Waals surface area contributed by atoms with E-state index >= 15 is 0 Å². The Kier molecular flexibility index (Phi) is 7.28. The van der Waals surface area contributed by atoms with Gasteiger partial charge in [-0.15, -0.1) is 0 Å². The van der Waals surface area contributed by atoms with Gasteiger partial charge in [-0.3, -0.25) is 14.5 Å². The highest BCUT2D eigenvalue weighted by molar-refractivity contribution is 6.30. The van der Waals surface area contributed by atoms with E-state index in [2.05, 4.69) is 26.0 Å². The number of aliphatic imine (C=N–C) groups is 1. The van der Waals surface area contributed by atoms with Crippen molar-refractivity contribution >= 4 is 29.2 Å². The standard InChI is InChI=1S/C17H23ClN6O/c1-19-17(21-12-15-9-11-22-24(15)2)20-10-3-4-16(25)23-14-7-5-13(18)6-8-14/h5-9,11H,3-4,10,12H2,1-2H3,(H,23,25)(H2,19,20,21). The summed E-state index contributed by atoms with van der Waals surface area (Å²) in [7, 11) is 3.61. The number of halogens is 1. The highest BCUT2D eigenvalue weighted by Gasteiger charge is 2.04. The summed E-state index contributed by atoms with van der Waals surface area (Å²) in [4.78, 5) is 16.1. The van der Waals surface area contributed by atoms with Gasteiger partial charge >= 0.3 is 0 Å². The van der Waals surface area contributed by atoms with Crippen LogP contribution in [0, 0.1) is 0 Å². The van der Waals surface area contributed by atoms with Crippen molar-refractivity contribution in [1.29, 1.82) is 0 Å². The second-order valence-corrected chi connectivity index (χ2v) is 5.89. The topological polar surface area (TPSA) is 83.3 Å². The van der Waals surface area contributed by atoms with Gasteiger partial charge in [-0.2, -0.15) is 5.10 Å². The van der Waals surface area contributed by atoms with Crippen molar-refractivity contribution in [3.63, 3.8) is 0 Å². The second kappa shape index (κ2) is 9.68. The first-order valence-electron chi connectivity index (χ1n) is 8.05. The van der Waals surface area contributed by atoms with Crippen LogP contribution < -0.4 is 16.0 Å². The van der Waals surface area contributed by atoms with Crippen LogP contribution in [0.3, 0.4) is 0 Å². The Balaban J connectivity index is 1.64. The third-order valence-electron chi connectivity index (χ3n) is 3.58. The van der Waals surface area contributed by atoms with Crippen molar-refractivity contribution < 1.29 is 4.79 Å². The number of anilines is 1. The number of nitrogens with zero attached hydrogens (tertiary/aromatic N) is 3. The summed E-state index contributed by atoms with van der Waals surface area (Å²) < 4.78 is 1.81. The summed E-state index contributed by atoms with van der Waals surface area (Å²) in [5.74, 6) is 0.668. The predicted molar refractivity (Wildman–Crippen MR) is 101 cm³/mol. The Labute approximate surface area is 152 Å². The van der Waals surface area contributed by atoms with Crippen LogP contribution in [0.25, 0.3) is 0 Å². The lowest BCUT2D eigenvalue weighted by Crippen LogP contribution is -2.37. The van der Waals surface area contributed by atoms with Crippen LogP contribution in [0.15, 0.2) is 41.5 Å². The van der Waals surface area contributed by atoms with Crippen LogP contribution in [0.1, 0.15) is 18.5 Å². The molecule has 0 bridgehead atoms. The fourth-order valence-electron chi connectivity index (χ4n) is 2.18. The monoisotopic (exact) mass is 362 g/mol. The Bertz CT molecular complexity index is 710. The summed E-state index contributed by atoms with van der Waals surface area (Å²) in [6.45, 7) is 1.28. The highest BCUT2D eigenvalue weighted by atomic mass is 35.5. The number of carbonyl (C=O) groups is 1. The zero-order valence-electron chi connectivity index (χ0n) is 14.4. The summed E-state index contributed by atoms with van der Waals surface area (Å²) in [5.41, 5.74) is 1.81. The lowest BCUT2D eigenvalue weighted by molar-refractivity contribution is -0.116. The van der Waals surface area contributed by atoms with Crippen molar-refractivity contribution in [2.75, 3.05) is 18.9 Å². The van der Waals surface area contributed by atoms with Gasteiger partial charge in [0.2, 0.25) is 5.91 Å². The molecule has 1 aromatic heterocycles. The number of hydrogen-bond donors (Lipinski definition) is 3. The van der Waals surface area contributed by atoms with E-state index in [9.17, 15) is 4.79 Å². The molecule has 0 aliphatic heterocycles. The zero-order chi connectivity index (χ0) is 18.1. The van der Waals surface area contributed by atoms with Crippen LogP contribution in [-0.4, -0.2) is 35.2 Å². The van der Waals surface area contributed by atoms with Crippen LogP contribution in [-0.2, 0) is 18.4 Å². The van der Waals surface area contributed by atoms with Gasteiger partial charge in [0.1, 0.15) is 0 Å². The van der Waals surface area contributed by atoms with Crippen molar-refractivity contribution in [2.24, 2.45) is 12.0 Å². The Morgan fingerprint density at radius 1 is 1.24 bits per heavy atom. The number of benzene rings is 1.